The number of hydrogen-bond acceptors (Lipinski definition) is 2. The highest BCUT2D eigenvalue weighted by molar-refractivity contribution is 5.88. The van der Waals surface area contributed by atoms with Gasteiger partial charge >= 0.3 is 0 Å². The Balaban J connectivity index is 2.35. The highest BCUT2D eigenvalue weighted by Crippen LogP contribution is 2.34. The first kappa shape index (κ1) is 13.2. The van der Waals surface area contributed by atoms with Crippen LogP contribution >= 0.6 is 0 Å². The van der Waals surface area contributed by atoms with Gasteiger partial charge in [-0.1, -0.05) is 0 Å². The lowest BCUT2D eigenvalue weighted by Crippen LogP contribution is -2.35. The third kappa shape index (κ3) is 1.84. The van der Waals surface area contributed by atoms with Crippen LogP contribution in [0, 0.1) is 13.8 Å². The van der Waals surface area contributed by atoms with Crippen molar-refractivity contribution in [1.29, 1.82) is 0 Å². The summed E-state index contributed by atoms with van der Waals surface area (Å²) in [5.41, 5.74) is 5.73. The number of aromatic nitrogens is 1. The van der Waals surface area contributed by atoms with Gasteiger partial charge in [-0.3, -0.25) is 4.79 Å². The molecule has 0 radical (unpaired) electrons. The van der Waals surface area contributed by atoms with E-state index in [4.69, 9.17) is 0 Å². The first-order chi connectivity index (χ1) is 9.30. The van der Waals surface area contributed by atoms with Crippen molar-refractivity contribution in [2.75, 3.05) is 5.32 Å². The van der Waals surface area contributed by atoms with Crippen LogP contribution in [0.4, 0.5) is 5.69 Å². The minimum atomic E-state index is 0.102. The van der Waals surface area contributed by atoms with Gasteiger partial charge in [-0.25, -0.2) is 0 Å². The summed E-state index contributed by atoms with van der Waals surface area (Å²) in [6, 6.07) is 4.40. The Hall–Kier alpha value is -1.77. The number of aryl methyl sites for hydroxylation is 3. The maximum Gasteiger partial charge on any atom is 0.253 e. The van der Waals surface area contributed by atoms with Crippen molar-refractivity contribution in [3.63, 3.8) is 0 Å². The minimum absolute atomic E-state index is 0.102. The van der Waals surface area contributed by atoms with E-state index < -0.39 is 0 Å². The predicted molar refractivity (Wildman–Crippen MR) is 84.7 cm³/mol. The van der Waals surface area contributed by atoms with Crippen LogP contribution < -0.4 is 10.9 Å². The molecule has 2 heterocycles. The maximum atomic E-state index is 12.2. The number of benzene rings is 1. The minimum Gasteiger partial charge on any atom is -0.380 e. The van der Waals surface area contributed by atoms with E-state index in [0.717, 1.165) is 29.5 Å². The van der Waals surface area contributed by atoms with Crippen molar-refractivity contribution in [2.45, 2.75) is 46.1 Å². The van der Waals surface area contributed by atoms with Crippen molar-refractivity contribution in [2.24, 2.45) is 7.05 Å². The molecule has 0 amide bonds. The van der Waals surface area contributed by atoms with E-state index in [2.05, 4.69) is 31.3 Å². The van der Waals surface area contributed by atoms with Gasteiger partial charge in [-0.05, 0) is 63.8 Å². The number of hydrogen-bond donors (Lipinski definition) is 1. The van der Waals surface area contributed by atoms with Crippen LogP contribution in [0.3, 0.4) is 0 Å². The quantitative estimate of drug-likeness (QED) is 0.797. The molecule has 0 bridgehead atoms. The monoisotopic (exact) mass is 270 g/mol. The Morgan fingerprint density at radius 3 is 2.60 bits per heavy atom. The first-order valence-corrected chi connectivity index (χ1v) is 7.21. The maximum absolute atomic E-state index is 12.2. The standard InChI is InChI=1S/C17H22N2O/c1-10-11(2)16(20)19(5)15-9-14-12(8-13(10)15)6-7-17(3,4)18-14/h8-9,18H,6-7H2,1-5H3. The summed E-state index contributed by atoms with van der Waals surface area (Å²) in [7, 11) is 1.86. The lowest BCUT2D eigenvalue weighted by molar-refractivity contribution is 0.502. The molecule has 0 spiro atoms. The van der Waals surface area contributed by atoms with E-state index in [9.17, 15) is 4.79 Å². The van der Waals surface area contributed by atoms with Crippen LogP contribution in [0.2, 0.25) is 0 Å². The Morgan fingerprint density at radius 1 is 1.20 bits per heavy atom. The SMILES string of the molecule is Cc1c(C)c2cc3c(cc2n(C)c1=O)NC(C)(C)CC3. The summed E-state index contributed by atoms with van der Waals surface area (Å²) in [4.78, 5) is 12.2. The summed E-state index contributed by atoms with van der Waals surface area (Å²) in [5, 5.41) is 4.79. The topological polar surface area (TPSA) is 34.0 Å². The molecule has 0 saturated heterocycles. The third-order valence-electron chi connectivity index (χ3n) is 4.67. The van der Waals surface area contributed by atoms with Crippen LogP contribution in [0.1, 0.15) is 37.0 Å². The molecule has 0 saturated carbocycles. The van der Waals surface area contributed by atoms with Gasteiger partial charge in [0.2, 0.25) is 0 Å². The lowest BCUT2D eigenvalue weighted by atomic mass is 9.88. The Labute approximate surface area is 119 Å². The summed E-state index contributed by atoms with van der Waals surface area (Å²) in [6.07, 6.45) is 2.22. The second kappa shape index (κ2) is 4.11. The molecule has 1 N–H and O–H groups in total. The summed E-state index contributed by atoms with van der Waals surface area (Å²) >= 11 is 0. The number of nitrogens with one attached hydrogen (secondary N) is 1. The second-order valence-corrected chi connectivity index (χ2v) is 6.65. The number of anilines is 1. The molecule has 1 aromatic heterocycles. The van der Waals surface area contributed by atoms with E-state index in [1.54, 1.807) is 4.57 Å². The first-order valence-electron chi connectivity index (χ1n) is 7.21. The zero-order valence-corrected chi connectivity index (χ0v) is 12.9. The van der Waals surface area contributed by atoms with Gasteiger partial charge in [0, 0.05) is 29.2 Å². The zero-order chi connectivity index (χ0) is 14.7. The second-order valence-electron chi connectivity index (χ2n) is 6.65. The summed E-state index contributed by atoms with van der Waals surface area (Å²) in [5.74, 6) is 0. The molecule has 20 heavy (non-hydrogen) atoms. The Bertz CT molecular complexity index is 769. The van der Waals surface area contributed by atoms with Gasteiger partial charge in [-0.2, -0.15) is 0 Å². The fraction of sp³-hybridized carbons (Fsp3) is 0.471. The average Bonchev–Trinajstić information content (AvgIpc) is 2.40. The van der Waals surface area contributed by atoms with Crippen molar-refractivity contribution in [3.05, 3.63) is 39.2 Å². The third-order valence-corrected chi connectivity index (χ3v) is 4.67. The van der Waals surface area contributed by atoms with Crippen LogP contribution in [0.15, 0.2) is 16.9 Å². The molecule has 2 aromatic rings. The van der Waals surface area contributed by atoms with Crippen LogP contribution in [0.25, 0.3) is 10.9 Å². The highest BCUT2D eigenvalue weighted by atomic mass is 16.1. The average molecular weight is 270 g/mol. The van der Waals surface area contributed by atoms with Gasteiger partial charge < -0.3 is 9.88 Å². The predicted octanol–water partition coefficient (Wildman–Crippen LogP) is 3.29. The number of nitrogens with zero attached hydrogens (tertiary/aromatic N) is 1. The largest absolute Gasteiger partial charge is 0.380 e. The van der Waals surface area contributed by atoms with Crippen molar-refractivity contribution >= 4 is 16.6 Å². The molecule has 1 aliphatic heterocycles. The van der Waals surface area contributed by atoms with Crippen molar-refractivity contribution in [1.82, 2.24) is 4.57 Å². The molecule has 0 aliphatic carbocycles. The van der Waals surface area contributed by atoms with Gasteiger partial charge in [0.05, 0.1) is 5.52 Å². The molecule has 1 aromatic carbocycles. The van der Waals surface area contributed by atoms with Gasteiger partial charge in [0.1, 0.15) is 0 Å². The fourth-order valence-electron chi connectivity index (χ4n) is 3.13. The molecule has 1 aliphatic rings. The number of fused-ring (bicyclic) bond motifs is 2. The summed E-state index contributed by atoms with van der Waals surface area (Å²) < 4.78 is 1.77. The van der Waals surface area contributed by atoms with Crippen LogP contribution in [-0.2, 0) is 13.5 Å². The summed E-state index contributed by atoms with van der Waals surface area (Å²) in [6.45, 7) is 8.41. The van der Waals surface area contributed by atoms with Crippen LogP contribution in [-0.4, -0.2) is 10.1 Å². The van der Waals surface area contributed by atoms with Crippen molar-refractivity contribution < 1.29 is 0 Å². The van der Waals surface area contributed by atoms with E-state index in [1.165, 1.54) is 16.6 Å². The van der Waals surface area contributed by atoms with E-state index in [-0.39, 0.29) is 11.1 Å². The molecule has 3 nitrogen and oxygen atoms in total. The fourth-order valence-corrected chi connectivity index (χ4v) is 3.13. The normalized spacial score (nSPS) is 16.9. The Morgan fingerprint density at radius 2 is 1.90 bits per heavy atom. The molecule has 0 unspecified atom stereocenters. The van der Waals surface area contributed by atoms with Crippen molar-refractivity contribution in [3.8, 4) is 0 Å². The van der Waals surface area contributed by atoms with E-state index in [0.29, 0.717) is 0 Å². The van der Waals surface area contributed by atoms with Gasteiger partial charge in [0.15, 0.2) is 0 Å². The molecule has 3 heteroatoms. The molecule has 0 fully saturated rings. The van der Waals surface area contributed by atoms with E-state index in [1.807, 2.05) is 20.9 Å². The zero-order valence-electron chi connectivity index (χ0n) is 12.9. The highest BCUT2D eigenvalue weighted by Gasteiger charge is 2.25. The number of pyridine rings is 1. The van der Waals surface area contributed by atoms with Crippen LogP contribution in [0.5, 0.6) is 0 Å². The molecular weight excluding hydrogens is 248 g/mol. The van der Waals surface area contributed by atoms with E-state index >= 15 is 0 Å². The smallest absolute Gasteiger partial charge is 0.253 e. The Kier molecular flexibility index (Phi) is 2.72. The molecule has 106 valence electrons. The molecule has 0 atom stereocenters. The van der Waals surface area contributed by atoms with Gasteiger partial charge in [0.25, 0.3) is 5.56 Å². The number of rotatable bonds is 0. The molecular formula is C17H22N2O. The lowest BCUT2D eigenvalue weighted by Gasteiger charge is -2.34. The van der Waals surface area contributed by atoms with Gasteiger partial charge in [-0.15, -0.1) is 0 Å². The molecule has 3 rings (SSSR count).